The number of halogens is 1. The summed E-state index contributed by atoms with van der Waals surface area (Å²) < 4.78 is 13.7. The number of thiazole rings is 1. The van der Waals surface area contributed by atoms with Crippen LogP contribution in [0.2, 0.25) is 0 Å². The number of aromatic nitrogens is 1. The second-order valence-corrected chi connectivity index (χ2v) is 3.87. The molecule has 13 heavy (non-hydrogen) atoms. The van der Waals surface area contributed by atoms with Gasteiger partial charge >= 0.3 is 0 Å². The predicted octanol–water partition coefficient (Wildman–Crippen LogP) is 2.15. The Hall–Kier alpha value is -1.000. The molecule has 0 aliphatic carbocycles. The van der Waals surface area contributed by atoms with Crippen LogP contribution in [0.3, 0.4) is 0 Å². The standard InChI is InChI=1S/C9H9FN2S/c1-11-5-9-12-7-3-2-6(10)4-8(7)13-9/h2-4,11H,5H2,1H3. The van der Waals surface area contributed by atoms with Gasteiger partial charge in [-0.1, -0.05) is 0 Å². The molecule has 0 bridgehead atoms. The monoisotopic (exact) mass is 196 g/mol. The zero-order chi connectivity index (χ0) is 9.26. The van der Waals surface area contributed by atoms with Crippen LogP contribution >= 0.6 is 11.3 Å². The van der Waals surface area contributed by atoms with Crippen molar-refractivity contribution in [3.63, 3.8) is 0 Å². The minimum Gasteiger partial charge on any atom is -0.314 e. The minimum atomic E-state index is -0.202. The van der Waals surface area contributed by atoms with Gasteiger partial charge in [0.05, 0.1) is 10.2 Å². The van der Waals surface area contributed by atoms with Gasteiger partial charge in [0, 0.05) is 6.54 Å². The fourth-order valence-electron chi connectivity index (χ4n) is 1.17. The third kappa shape index (κ3) is 1.68. The summed E-state index contributed by atoms with van der Waals surface area (Å²) in [5.74, 6) is -0.202. The van der Waals surface area contributed by atoms with E-state index in [1.807, 2.05) is 7.05 Å². The molecule has 0 fully saturated rings. The maximum Gasteiger partial charge on any atom is 0.124 e. The molecule has 1 aromatic carbocycles. The fraction of sp³-hybridized carbons (Fsp3) is 0.222. The summed E-state index contributed by atoms with van der Waals surface area (Å²) in [5.41, 5.74) is 0.872. The van der Waals surface area contributed by atoms with Gasteiger partial charge in [0.2, 0.25) is 0 Å². The Morgan fingerprint density at radius 3 is 3.15 bits per heavy atom. The zero-order valence-corrected chi connectivity index (χ0v) is 7.99. The largest absolute Gasteiger partial charge is 0.314 e. The molecule has 0 atom stereocenters. The van der Waals surface area contributed by atoms with Crippen molar-refractivity contribution in [2.75, 3.05) is 7.05 Å². The van der Waals surface area contributed by atoms with Crippen molar-refractivity contribution in [1.29, 1.82) is 0 Å². The predicted molar refractivity (Wildman–Crippen MR) is 52.3 cm³/mol. The summed E-state index contributed by atoms with van der Waals surface area (Å²) in [4.78, 5) is 4.33. The molecule has 0 unspecified atom stereocenters. The van der Waals surface area contributed by atoms with E-state index in [2.05, 4.69) is 10.3 Å². The van der Waals surface area contributed by atoms with Crippen LogP contribution in [0, 0.1) is 5.82 Å². The van der Waals surface area contributed by atoms with Gasteiger partial charge in [-0.05, 0) is 25.2 Å². The van der Waals surface area contributed by atoms with E-state index in [1.54, 1.807) is 6.07 Å². The molecule has 0 amide bonds. The molecule has 0 radical (unpaired) electrons. The van der Waals surface area contributed by atoms with Crippen LogP contribution in [-0.2, 0) is 6.54 Å². The van der Waals surface area contributed by atoms with E-state index in [0.717, 1.165) is 21.8 Å². The average Bonchev–Trinajstić information content (AvgIpc) is 2.46. The second kappa shape index (κ2) is 3.40. The van der Waals surface area contributed by atoms with Crippen molar-refractivity contribution in [3.05, 3.63) is 29.0 Å². The molecule has 2 rings (SSSR count). The Morgan fingerprint density at radius 1 is 1.54 bits per heavy atom. The third-order valence-corrected chi connectivity index (χ3v) is 2.74. The smallest absolute Gasteiger partial charge is 0.124 e. The van der Waals surface area contributed by atoms with E-state index >= 15 is 0 Å². The molecule has 0 saturated heterocycles. The minimum absolute atomic E-state index is 0.202. The molecule has 1 aromatic heterocycles. The molecule has 1 heterocycles. The number of fused-ring (bicyclic) bond motifs is 1. The number of hydrogen-bond donors (Lipinski definition) is 1. The lowest BCUT2D eigenvalue weighted by Gasteiger charge is -1.88. The molecule has 0 aliphatic heterocycles. The topological polar surface area (TPSA) is 24.9 Å². The van der Waals surface area contributed by atoms with Gasteiger partial charge in [-0.25, -0.2) is 9.37 Å². The van der Waals surface area contributed by atoms with Crippen LogP contribution in [0.1, 0.15) is 5.01 Å². The Labute approximate surface area is 79.4 Å². The molecule has 0 aliphatic rings. The Balaban J connectivity index is 2.49. The zero-order valence-electron chi connectivity index (χ0n) is 7.17. The van der Waals surface area contributed by atoms with Crippen molar-refractivity contribution in [1.82, 2.24) is 10.3 Å². The summed E-state index contributed by atoms with van der Waals surface area (Å²) in [6, 6.07) is 4.66. The molecule has 2 nitrogen and oxygen atoms in total. The normalized spacial score (nSPS) is 10.9. The number of nitrogens with one attached hydrogen (secondary N) is 1. The molecule has 1 N–H and O–H groups in total. The van der Waals surface area contributed by atoms with Gasteiger partial charge in [-0.3, -0.25) is 0 Å². The number of benzene rings is 1. The van der Waals surface area contributed by atoms with E-state index < -0.39 is 0 Å². The fourth-order valence-corrected chi connectivity index (χ4v) is 2.18. The van der Waals surface area contributed by atoms with Gasteiger partial charge in [0.1, 0.15) is 10.8 Å². The van der Waals surface area contributed by atoms with Crippen molar-refractivity contribution in [2.24, 2.45) is 0 Å². The van der Waals surface area contributed by atoms with Crippen LogP contribution < -0.4 is 5.32 Å². The molecule has 0 spiro atoms. The quantitative estimate of drug-likeness (QED) is 0.796. The van der Waals surface area contributed by atoms with Gasteiger partial charge in [-0.15, -0.1) is 11.3 Å². The van der Waals surface area contributed by atoms with Gasteiger partial charge in [-0.2, -0.15) is 0 Å². The van der Waals surface area contributed by atoms with Crippen molar-refractivity contribution in [3.8, 4) is 0 Å². The summed E-state index contributed by atoms with van der Waals surface area (Å²) in [6.45, 7) is 0.737. The highest BCUT2D eigenvalue weighted by atomic mass is 32.1. The maximum absolute atomic E-state index is 12.8. The first-order valence-electron chi connectivity index (χ1n) is 3.99. The highest BCUT2D eigenvalue weighted by Crippen LogP contribution is 2.22. The van der Waals surface area contributed by atoms with Gasteiger partial charge < -0.3 is 5.32 Å². The van der Waals surface area contributed by atoms with Crippen LogP contribution in [0.25, 0.3) is 10.2 Å². The SMILES string of the molecule is CNCc1nc2ccc(F)cc2s1. The lowest BCUT2D eigenvalue weighted by Crippen LogP contribution is -2.03. The lowest BCUT2D eigenvalue weighted by atomic mass is 10.3. The van der Waals surface area contributed by atoms with Crippen LogP contribution in [-0.4, -0.2) is 12.0 Å². The first-order valence-corrected chi connectivity index (χ1v) is 4.81. The van der Waals surface area contributed by atoms with E-state index in [4.69, 9.17) is 0 Å². The second-order valence-electron chi connectivity index (χ2n) is 2.75. The Kier molecular flexibility index (Phi) is 2.24. The summed E-state index contributed by atoms with van der Waals surface area (Å²) in [6.07, 6.45) is 0. The molecule has 2 aromatic rings. The van der Waals surface area contributed by atoms with Crippen molar-refractivity contribution >= 4 is 21.6 Å². The molecule has 0 saturated carbocycles. The highest BCUT2D eigenvalue weighted by molar-refractivity contribution is 7.18. The summed E-state index contributed by atoms with van der Waals surface area (Å²) in [7, 11) is 1.87. The van der Waals surface area contributed by atoms with E-state index in [1.165, 1.54) is 23.5 Å². The van der Waals surface area contributed by atoms with E-state index in [9.17, 15) is 4.39 Å². The molecule has 4 heteroatoms. The van der Waals surface area contributed by atoms with Crippen LogP contribution in [0.4, 0.5) is 4.39 Å². The summed E-state index contributed by atoms with van der Waals surface area (Å²) >= 11 is 1.52. The number of hydrogen-bond acceptors (Lipinski definition) is 3. The number of nitrogens with zero attached hydrogens (tertiary/aromatic N) is 1. The maximum atomic E-state index is 12.8. The number of rotatable bonds is 2. The summed E-state index contributed by atoms with van der Waals surface area (Å²) in [5, 5.41) is 4.00. The molecular formula is C9H9FN2S. The van der Waals surface area contributed by atoms with Gasteiger partial charge in [0.15, 0.2) is 0 Å². The van der Waals surface area contributed by atoms with Crippen LogP contribution in [0.15, 0.2) is 18.2 Å². The average molecular weight is 196 g/mol. The first-order chi connectivity index (χ1) is 6.29. The molecular weight excluding hydrogens is 187 g/mol. The third-order valence-electron chi connectivity index (χ3n) is 1.72. The lowest BCUT2D eigenvalue weighted by molar-refractivity contribution is 0.630. The Bertz CT molecular complexity index is 424. The molecule has 68 valence electrons. The van der Waals surface area contributed by atoms with Crippen molar-refractivity contribution < 1.29 is 4.39 Å². The highest BCUT2D eigenvalue weighted by Gasteiger charge is 2.03. The first kappa shape index (κ1) is 8.59. The van der Waals surface area contributed by atoms with Gasteiger partial charge in [0.25, 0.3) is 0 Å². The van der Waals surface area contributed by atoms with E-state index in [-0.39, 0.29) is 5.82 Å². The van der Waals surface area contributed by atoms with Crippen LogP contribution in [0.5, 0.6) is 0 Å². The Morgan fingerprint density at radius 2 is 2.38 bits per heavy atom. The van der Waals surface area contributed by atoms with E-state index in [0.29, 0.717) is 0 Å². The van der Waals surface area contributed by atoms with Crippen molar-refractivity contribution in [2.45, 2.75) is 6.54 Å².